The van der Waals surface area contributed by atoms with E-state index in [4.69, 9.17) is 4.74 Å². The maximum Gasteiger partial charge on any atom is 0.240 e. The lowest BCUT2D eigenvalue weighted by molar-refractivity contribution is -0.134. The average molecular weight is 395 g/mol. The van der Waals surface area contributed by atoms with Gasteiger partial charge in [0.15, 0.2) is 0 Å². The quantitative estimate of drug-likeness (QED) is 0.785. The molecule has 2 fully saturated rings. The van der Waals surface area contributed by atoms with Gasteiger partial charge < -0.3 is 25.0 Å². The lowest BCUT2D eigenvalue weighted by atomic mass is 10.1. The van der Waals surface area contributed by atoms with Crippen LogP contribution in [0, 0.1) is 0 Å². The van der Waals surface area contributed by atoms with Gasteiger partial charge in [0.25, 0.3) is 0 Å². The van der Waals surface area contributed by atoms with E-state index in [-0.39, 0.29) is 30.2 Å². The first-order valence-corrected chi connectivity index (χ1v) is 10.1. The predicted octanol–water partition coefficient (Wildman–Crippen LogP) is 0.568. The molecule has 4 atom stereocenters. The van der Waals surface area contributed by atoms with Crippen molar-refractivity contribution < 1.29 is 14.6 Å². The molecule has 29 heavy (non-hydrogen) atoms. The predicted molar refractivity (Wildman–Crippen MR) is 106 cm³/mol. The fourth-order valence-corrected chi connectivity index (χ4v) is 4.64. The smallest absolute Gasteiger partial charge is 0.240 e. The van der Waals surface area contributed by atoms with Crippen molar-refractivity contribution in [2.24, 2.45) is 0 Å². The van der Waals surface area contributed by atoms with Gasteiger partial charge in [-0.2, -0.15) is 0 Å². The molecule has 0 aromatic carbocycles. The number of carbonyl (C=O) groups excluding carboxylic acids is 1. The number of hydrogen-bond donors (Lipinski definition) is 2. The molecule has 2 aromatic rings. The zero-order chi connectivity index (χ0) is 19.8. The third-order valence-electron chi connectivity index (χ3n) is 5.98. The van der Waals surface area contributed by atoms with Gasteiger partial charge in [0, 0.05) is 56.8 Å². The van der Waals surface area contributed by atoms with Crippen LogP contribution in [0.3, 0.4) is 0 Å². The topological polar surface area (TPSA) is 90.8 Å². The van der Waals surface area contributed by atoms with Crippen LogP contribution in [-0.2, 0) is 11.3 Å². The van der Waals surface area contributed by atoms with Crippen LogP contribution in [0.15, 0.2) is 42.9 Å². The zero-order valence-electron chi connectivity index (χ0n) is 16.1. The highest BCUT2D eigenvalue weighted by atomic mass is 16.5. The van der Waals surface area contributed by atoms with Gasteiger partial charge >= 0.3 is 0 Å². The lowest BCUT2D eigenvalue weighted by Gasteiger charge is -2.28. The Morgan fingerprint density at radius 1 is 1.17 bits per heavy atom. The first-order chi connectivity index (χ1) is 14.2. The molecule has 0 saturated carbocycles. The molecule has 0 spiro atoms. The van der Waals surface area contributed by atoms with E-state index in [0.717, 1.165) is 17.1 Å². The molecule has 1 amide bonds. The third-order valence-corrected chi connectivity index (χ3v) is 5.98. The number of rotatable bonds is 3. The Balaban J connectivity index is 1.30. The number of nitrogens with one attached hydrogen (secondary N) is 1. The second kappa shape index (κ2) is 7.61. The minimum Gasteiger partial charge on any atom is -0.489 e. The fraction of sp³-hybridized carbons (Fsp3) is 0.476. The van der Waals surface area contributed by atoms with Gasteiger partial charge in [-0.05, 0) is 24.6 Å². The first-order valence-electron chi connectivity index (χ1n) is 10.1. The molecule has 5 rings (SSSR count). The van der Waals surface area contributed by atoms with Crippen LogP contribution in [-0.4, -0.2) is 69.8 Å². The molecule has 2 saturated heterocycles. The van der Waals surface area contributed by atoms with Crippen molar-refractivity contribution in [3.63, 3.8) is 0 Å². The Labute approximate surface area is 169 Å². The van der Waals surface area contributed by atoms with Crippen molar-refractivity contribution in [2.75, 3.05) is 24.5 Å². The summed E-state index contributed by atoms with van der Waals surface area (Å²) in [6.07, 6.45) is 6.04. The number of amides is 1. The van der Waals surface area contributed by atoms with Crippen molar-refractivity contribution in [3.05, 3.63) is 48.4 Å². The normalized spacial score (nSPS) is 28.6. The van der Waals surface area contributed by atoms with E-state index < -0.39 is 0 Å². The Morgan fingerprint density at radius 3 is 2.90 bits per heavy atom. The molecule has 8 heteroatoms. The summed E-state index contributed by atoms with van der Waals surface area (Å²) in [5.41, 5.74) is 1.03. The van der Waals surface area contributed by atoms with Gasteiger partial charge in [0.05, 0.1) is 18.2 Å². The van der Waals surface area contributed by atoms with Gasteiger partial charge in [-0.25, -0.2) is 4.98 Å². The summed E-state index contributed by atoms with van der Waals surface area (Å²) in [6, 6.07) is 7.41. The average Bonchev–Trinajstić information content (AvgIpc) is 3.31. The lowest BCUT2D eigenvalue weighted by Crippen LogP contribution is -2.46. The van der Waals surface area contributed by atoms with Crippen LogP contribution in [0.5, 0.6) is 5.75 Å². The van der Waals surface area contributed by atoms with Gasteiger partial charge in [-0.1, -0.05) is 6.07 Å². The van der Waals surface area contributed by atoms with Crippen molar-refractivity contribution >= 4 is 11.7 Å². The maximum absolute atomic E-state index is 13.3. The first kappa shape index (κ1) is 18.3. The monoisotopic (exact) mass is 395 g/mol. The Kier molecular flexibility index (Phi) is 4.81. The van der Waals surface area contributed by atoms with Crippen molar-refractivity contribution in [1.29, 1.82) is 0 Å². The van der Waals surface area contributed by atoms with Crippen LogP contribution in [0.25, 0.3) is 0 Å². The molecular weight excluding hydrogens is 370 g/mol. The summed E-state index contributed by atoms with van der Waals surface area (Å²) < 4.78 is 5.98. The van der Waals surface area contributed by atoms with E-state index in [1.54, 1.807) is 18.6 Å². The third kappa shape index (κ3) is 3.65. The molecule has 3 aliphatic rings. The van der Waals surface area contributed by atoms with Crippen molar-refractivity contribution in [3.8, 4) is 5.75 Å². The molecule has 0 radical (unpaired) electrons. The molecule has 0 unspecified atom stereocenters. The number of hydrogen-bond acceptors (Lipinski definition) is 7. The summed E-state index contributed by atoms with van der Waals surface area (Å²) in [7, 11) is 0. The van der Waals surface area contributed by atoms with E-state index >= 15 is 0 Å². The molecular formula is C21H25N5O3. The van der Waals surface area contributed by atoms with Crippen molar-refractivity contribution in [2.45, 2.75) is 43.7 Å². The highest BCUT2D eigenvalue weighted by Crippen LogP contribution is 2.32. The number of pyridine rings is 2. The van der Waals surface area contributed by atoms with Crippen LogP contribution >= 0.6 is 0 Å². The van der Waals surface area contributed by atoms with E-state index in [1.807, 2.05) is 29.2 Å². The molecule has 8 nitrogen and oxygen atoms in total. The molecule has 0 bridgehead atoms. The van der Waals surface area contributed by atoms with Crippen LogP contribution in [0.1, 0.15) is 18.4 Å². The summed E-state index contributed by atoms with van der Waals surface area (Å²) in [6.45, 7) is 2.35. The number of ether oxygens (including phenoxy) is 1. The zero-order valence-corrected chi connectivity index (χ0v) is 16.1. The second-order valence-electron chi connectivity index (χ2n) is 8.02. The molecule has 5 heterocycles. The van der Waals surface area contributed by atoms with Gasteiger partial charge in [-0.15, -0.1) is 0 Å². The van der Waals surface area contributed by atoms with Crippen LogP contribution < -0.4 is 15.0 Å². The SMILES string of the molecule is O=C([C@@H]1C[C@H](Oc2ccncc2)CN1)N1Cc2cccnc2N2C[C@H](O)C[C@H]2C1. The molecule has 2 aromatic heterocycles. The Morgan fingerprint density at radius 2 is 2.03 bits per heavy atom. The second-order valence-corrected chi connectivity index (χ2v) is 8.02. The van der Waals surface area contributed by atoms with Crippen LogP contribution in [0.2, 0.25) is 0 Å². The highest BCUT2D eigenvalue weighted by Gasteiger charge is 2.40. The van der Waals surface area contributed by atoms with E-state index in [9.17, 15) is 9.90 Å². The summed E-state index contributed by atoms with van der Waals surface area (Å²) in [4.78, 5) is 25.9. The molecule has 0 aliphatic carbocycles. The molecule has 3 aliphatic heterocycles. The molecule has 152 valence electrons. The summed E-state index contributed by atoms with van der Waals surface area (Å²) in [5.74, 6) is 1.75. The van der Waals surface area contributed by atoms with Gasteiger partial charge in [-0.3, -0.25) is 9.78 Å². The van der Waals surface area contributed by atoms with Crippen molar-refractivity contribution in [1.82, 2.24) is 20.2 Å². The number of anilines is 1. The number of aliphatic hydroxyl groups excluding tert-OH is 1. The number of fused-ring (bicyclic) bond motifs is 3. The Bertz CT molecular complexity index is 880. The van der Waals surface area contributed by atoms with E-state index in [1.165, 1.54) is 0 Å². The van der Waals surface area contributed by atoms with Gasteiger partial charge in [0.1, 0.15) is 17.7 Å². The highest BCUT2D eigenvalue weighted by molar-refractivity contribution is 5.83. The Hall–Kier alpha value is -2.71. The number of aliphatic hydroxyl groups is 1. The minimum atomic E-state index is -0.382. The number of aromatic nitrogens is 2. The maximum atomic E-state index is 13.3. The summed E-state index contributed by atoms with van der Waals surface area (Å²) >= 11 is 0. The molecule has 2 N–H and O–H groups in total. The fourth-order valence-electron chi connectivity index (χ4n) is 4.64. The van der Waals surface area contributed by atoms with E-state index in [0.29, 0.717) is 39.0 Å². The largest absolute Gasteiger partial charge is 0.489 e. The van der Waals surface area contributed by atoms with Gasteiger partial charge in [0.2, 0.25) is 5.91 Å². The van der Waals surface area contributed by atoms with E-state index in [2.05, 4.69) is 20.2 Å². The minimum absolute atomic E-state index is 0.0444. The number of carbonyl (C=O) groups is 1. The number of nitrogens with zero attached hydrogens (tertiary/aromatic N) is 4. The summed E-state index contributed by atoms with van der Waals surface area (Å²) in [5, 5.41) is 13.5. The standard InChI is InChI=1S/C21H25N5O3/c27-16-8-15-12-25(11-14-2-1-5-23-20(14)26(15)13-16)21(28)19-9-18(10-24-19)29-17-3-6-22-7-4-17/h1-7,15-16,18-19,24,27H,8-13H2/t15-,16+,18-,19-/m0/s1. The van der Waals surface area contributed by atoms with Crippen LogP contribution in [0.4, 0.5) is 5.82 Å².